The van der Waals surface area contributed by atoms with E-state index in [1.165, 1.54) is 25.7 Å². The van der Waals surface area contributed by atoms with Gasteiger partial charge in [-0.3, -0.25) is 0 Å². The monoisotopic (exact) mass is 432 g/mol. The zero-order valence-electron chi connectivity index (χ0n) is 19.8. The Morgan fingerprint density at radius 1 is 0.645 bits per heavy atom. The maximum Gasteiger partial charge on any atom is 0.336 e. The number of carbonyl (C=O) groups is 1. The molecule has 4 saturated carbocycles. The molecule has 0 spiro atoms. The van der Waals surface area contributed by atoms with Gasteiger partial charge in [0.2, 0.25) is 5.79 Å². The summed E-state index contributed by atoms with van der Waals surface area (Å²) in [5, 5.41) is 23.8. The highest BCUT2D eigenvalue weighted by Crippen LogP contribution is 2.50. The van der Waals surface area contributed by atoms with E-state index >= 15 is 0 Å². The predicted octanol–water partition coefficient (Wildman–Crippen LogP) is 6.05. The van der Waals surface area contributed by atoms with Crippen LogP contribution in [0.3, 0.4) is 0 Å². The van der Waals surface area contributed by atoms with Crippen molar-refractivity contribution in [1.82, 2.24) is 0 Å². The molecule has 176 valence electrons. The van der Waals surface area contributed by atoms with Crippen LogP contribution >= 0.6 is 0 Å². The third kappa shape index (κ3) is 4.36. The van der Waals surface area contributed by atoms with Gasteiger partial charge in [0.1, 0.15) is 0 Å². The van der Waals surface area contributed by atoms with Gasteiger partial charge in [0.15, 0.2) is 0 Å². The second-order valence-corrected chi connectivity index (χ2v) is 11.1. The summed E-state index contributed by atoms with van der Waals surface area (Å²) in [4.78, 5) is 13.4. The lowest BCUT2D eigenvalue weighted by atomic mass is 9.69. The topological polar surface area (TPSA) is 66.8 Å². The van der Waals surface area contributed by atoms with Crippen LogP contribution in [0.4, 0.5) is 0 Å². The molecule has 0 radical (unpaired) electrons. The van der Waals surface area contributed by atoms with Crippen molar-refractivity contribution in [1.29, 1.82) is 0 Å². The van der Waals surface area contributed by atoms with Gasteiger partial charge in [-0.1, -0.05) is 51.4 Å². The van der Waals surface area contributed by atoms with E-state index in [0.29, 0.717) is 5.57 Å². The number of hydrogen-bond donors (Lipinski definition) is 2. The van der Waals surface area contributed by atoms with Crippen LogP contribution in [0.25, 0.3) is 0 Å². The molecule has 4 heteroatoms. The first-order chi connectivity index (χ1) is 14.9. The minimum atomic E-state index is -1.34. The van der Waals surface area contributed by atoms with Crippen LogP contribution in [-0.2, 0) is 9.53 Å². The normalized spacial score (nSPS) is 26.1. The molecule has 4 fully saturated rings. The van der Waals surface area contributed by atoms with Crippen molar-refractivity contribution in [2.75, 3.05) is 0 Å². The van der Waals surface area contributed by atoms with Crippen LogP contribution in [0.2, 0.25) is 0 Å². The standard InChI is InChI=1S/C27H44O4/c1-19(20(2)26(29,21-11-3-4-12-21)22-13-5-6-14-22)25(28)31-27(30,23-15-7-8-16-23)24-17-9-10-18-24/h21-24,29-30H,3-18H2,1-2H3. The number of aliphatic hydroxyl groups is 2. The van der Waals surface area contributed by atoms with E-state index < -0.39 is 17.4 Å². The average Bonchev–Trinajstić information content (AvgIpc) is 3.59. The van der Waals surface area contributed by atoms with Gasteiger partial charge in [0, 0.05) is 17.4 Å². The highest BCUT2D eigenvalue weighted by molar-refractivity contribution is 5.89. The van der Waals surface area contributed by atoms with Gasteiger partial charge >= 0.3 is 5.97 Å². The zero-order valence-corrected chi connectivity index (χ0v) is 19.8. The summed E-state index contributed by atoms with van der Waals surface area (Å²) < 4.78 is 6.06. The van der Waals surface area contributed by atoms with Gasteiger partial charge in [0.05, 0.1) is 5.60 Å². The summed E-state index contributed by atoms with van der Waals surface area (Å²) >= 11 is 0. The summed E-state index contributed by atoms with van der Waals surface area (Å²) in [6.07, 6.45) is 17.0. The number of ether oxygens (including phenoxy) is 1. The molecule has 31 heavy (non-hydrogen) atoms. The molecule has 4 nitrogen and oxygen atoms in total. The fourth-order valence-corrected chi connectivity index (χ4v) is 7.53. The molecule has 0 atom stereocenters. The van der Waals surface area contributed by atoms with Crippen LogP contribution in [0, 0.1) is 23.7 Å². The maximum atomic E-state index is 13.4. The first-order valence-electron chi connectivity index (χ1n) is 13.2. The molecule has 4 aliphatic rings. The van der Waals surface area contributed by atoms with Crippen LogP contribution in [0.1, 0.15) is 117 Å². The Bertz CT molecular complexity index is 625. The lowest BCUT2D eigenvalue weighted by molar-refractivity contribution is -0.253. The van der Waals surface area contributed by atoms with E-state index in [4.69, 9.17) is 4.74 Å². The Balaban J connectivity index is 1.60. The first-order valence-corrected chi connectivity index (χ1v) is 13.2. The van der Waals surface area contributed by atoms with E-state index in [0.717, 1.165) is 82.6 Å². The predicted molar refractivity (Wildman–Crippen MR) is 122 cm³/mol. The molecular weight excluding hydrogens is 388 g/mol. The molecule has 4 rings (SSSR count). The van der Waals surface area contributed by atoms with Crippen LogP contribution in [0.15, 0.2) is 11.1 Å². The molecule has 0 saturated heterocycles. The largest absolute Gasteiger partial charge is 0.429 e. The number of carbonyl (C=O) groups excluding carboxylic acids is 1. The molecule has 0 unspecified atom stereocenters. The molecular formula is C27H44O4. The summed E-state index contributed by atoms with van der Waals surface area (Å²) in [5.74, 6) is -1.17. The first kappa shape index (κ1) is 23.3. The Labute approximate surface area is 188 Å². The Morgan fingerprint density at radius 2 is 0.968 bits per heavy atom. The number of rotatable bonds is 7. The van der Waals surface area contributed by atoms with Gasteiger partial charge in [-0.25, -0.2) is 4.79 Å². The third-order valence-electron chi connectivity index (χ3n) is 9.56. The smallest absolute Gasteiger partial charge is 0.336 e. The highest BCUT2D eigenvalue weighted by atomic mass is 16.7. The average molecular weight is 433 g/mol. The summed E-state index contributed by atoms with van der Waals surface area (Å²) in [6, 6.07) is 0. The molecule has 0 bridgehead atoms. The highest BCUT2D eigenvalue weighted by Gasteiger charge is 2.51. The van der Waals surface area contributed by atoms with Gasteiger partial charge in [-0.05, 0) is 82.6 Å². The lowest BCUT2D eigenvalue weighted by Gasteiger charge is -2.42. The van der Waals surface area contributed by atoms with E-state index in [9.17, 15) is 15.0 Å². The van der Waals surface area contributed by atoms with Crippen molar-refractivity contribution in [2.24, 2.45) is 23.7 Å². The quantitative estimate of drug-likeness (QED) is 0.292. The summed E-state index contributed by atoms with van der Waals surface area (Å²) in [5.41, 5.74) is 0.418. The van der Waals surface area contributed by atoms with Crippen molar-refractivity contribution in [3.05, 3.63) is 11.1 Å². The zero-order chi connectivity index (χ0) is 22.1. The van der Waals surface area contributed by atoms with Crippen molar-refractivity contribution < 1.29 is 19.7 Å². The van der Waals surface area contributed by atoms with Gasteiger partial charge in [-0.2, -0.15) is 0 Å². The minimum Gasteiger partial charge on any atom is -0.429 e. The third-order valence-corrected chi connectivity index (χ3v) is 9.56. The Kier molecular flexibility index (Phi) is 7.18. The molecule has 0 aromatic heterocycles. The van der Waals surface area contributed by atoms with Gasteiger partial charge < -0.3 is 14.9 Å². The molecule has 0 heterocycles. The molecule has 2 N–H and O–H groups in total. The van der Waals surface area contributed by atoms with Gasteiger partial charge in [0.25, 0.3) is 0 Å². The summed E-state index contributed by atoms with van der Waals surface area (Å²) in [6.45, 7) is 3.77. The fraction of sp³-hybridized carbons (Fsp3) is 0.889. The second-order valence-electron chi connectivity index (χ2n) is 11.1. The maximum absolute atomic E-state index is 13.4. The van der Waals surface area contributed by atoms with Crippen molar-refractivity contribution in [3.63, 3.8) is 0 Å². The van der Waals surface area contributed by atoms with Crippen LogP contribution < -0.4 is 0 Å². The molecule has 0 aliphatic heterocycles. The second kappa shape index (κ2) is 9.55. The van der Waals surface area contributed by atoms with Crippen LogP contribution in [0.5, 0.6) is 0 Å². The molecule has 0 amide bonds. The van der Waals surface area contributed by atoms with E-state index in [1.807, 2.05) is 13.8 Å². The number of hydrogen-bond acceptors (Lipinski definition) is 4. The van der Waals surface area contributed by atoms with Crippen molar-refractivity contribution >= 4 is 5.97 Å². The molecule has 0 aromatic carbocycles. The molecule has 0 aromatic rings. The fourth-order valence-electron chi connectivity index (χ4n) is 7.53. The van der Waals surface area contributed by atoms with Crippen LogP contribution in [-0.4, -0.2) is 27.6 Å². The minimum absolute atomic E-state index is 0.0520. The lowest BCUT2D eigenvalue weighted by Crippen LogP contribution is -2.49. The molecule has 4 aliphatic carbocycles. The van der Waals surface area contributed by atoms with Crippen molar-refractivity contribution in [3.8, 4) is 0 Å². The number of esters is 1. The Morgan fingerprint density at radius 3 is 1.32 bits per heavy atom. The van der Waals surface area contributed by atoms with Crippen molar-refractivity contribution in [2.45, 2.75) is 128 Å². The van der Waals surface area contributed by atoms with E-state index in [2.05, 4.69) is 0 Å². The Hall–Kier alpha value is -0.870. The van der Waals surface area contributed by atoms with E-state index in [1.54, 1.807) is 0 Å². The van der Waals surface area contributed by atoms with E-state index in [-0.39, 0.29) is 23.7 Å². The summed E-state index contributed by atoms with van der Waals surface area (Å²) in [7, 11) is 0. The van der Waals surface area contributed by atoms with Gasteiger partial charge in [-0.15, -0.1) is 0 Å². The SMILES string of the molecule is CC(C(=O)OC(O)(C1CCCC1)C1CCCC1)=C(C)C(O)(C1CCCC1)C1CCCC1.